The van der Waals surface area contributed by atoms with Crippen molar-refractivity contribution < 1.29 is 4.74 Å². The summed E-state index contributed by atoms with van der Waals surface area (Å²) in [7, 11) is 0. The van der Waals surface area contributed by atoms with E-state index in [0.717, 1.165) is 25.5 Å². The van der Waals surface area contributed by atoms with Crippen molar-refractivity contribution in [2.45, 2.75) is 71.4 Å². The Morgan fingerprint density at radius 3 is 2.50 bits per heavy atom. The summed E-state index contributed by atoms with van der Waals surface area (Å²) in [6, 6.07) is 0.673. The summed E-state index contributed by atoms with van der Waals surface area (Å²) in [4.78, 5) is 0. The predicted octanol–water partition coefficient (Wildman–Crippen LogP) is 3.36. The average molecular weight is 227 g/mol. The highest BCUT2D eigenvalue weighted by Gasteiger charge is 2.14. The maximum Gasteiger partial charge on any atom is 0.0575 e. The van der Waals surface area contributed by atoms with Gasteiger partial charge in [-0.25, -0.2) is 0 Å². The van der Waals surface area contributed by atoms with E-state index in [1.54, 1.807) is 0 Å². The third kappa shape index (κ3) is 5.31. The molecule has 0 aromatic rings. The van der Waals surface area contributed by atoms with Crippen molar-refractivity contribution in [1.29, 1.82) is 0 Å². The first-order valence-electron chi connectivity index (χ1n) is 7.09. The molecule has 2 heteroatoms. The van der Waals surface area contributed by atoms with Crippen LogP contribution in [0.2, 0.25) is 0 Å². The Morgan fingerprint density at radius 2 is 1.94 bits per heavy atom. The summed E-state index contributed by atoms with van der Waals surface area (Å²) in [5.74, 6) is 0.737. The van der Waals surface area contributed by atoms with Gasteiger partial charge in [0.05, 0.1) is 6.10 Å². The molecule has 0 amide bonds. The first kappa shape index (κ1) is 14.0. The van der Waals surface area contributed by atoms with Crippen LogP contribution in [0.15, 0.2) is 0 Å². The van der Waals surface area contributed by atoms with Crippen LogP contribution in [0.3, 0.4) is 0 Å². The summed E-state index contributed by atoms with van der Waals surface area (Å²) < 4.78 is 5.84. The molecule has 0 heterocycles. The summed E-state index contributed by atoms with van der Waals surface area (Å²) in [6.45, 7) is 8.87. The zero-order valence-corrected chi connectivity index (χ0v) is 11.3. The zero-order valence-electron chi connectivity index (χ0n) is 11.3. The molecule has 0 bridgehead atoms. The molecule has 1 unspecified atom stereocenters. The Morgan fingerprint density at radius 1 is 1.25 bits per heavy atom. The fraction of sp³-hybridized carbons (Fsp3) is 1.00. The van der Waals surface area contributed by atoms with Gasteiger partial charge in [-0.2, -0.15) is 0 Å². The van der Waals surface area contributed by atoms with Crippen molar-refractivity contribution in [3.05, 3.63) is 0 Å². The second-order valence-electron chi connectivity index (χ2n) is 5.34. The fourth-order valence-electron chi connectivity index (χ4n) is 2.52. The molecular weight excluding hydrogens is 198 g/mol. The van der Waals surface area contributed by atoms with Crippen LogP contribution in [0.1, 0.15) is 59.3 Å². The van der Waals surface area contributed by atoms with Gasteiger partial charge in [-0.15, -0.1) is 0 Å². The molecule has 1 aliphatic rings. The predicted molar refractivity (Wildman–Crippen MR) is 69.7 cm³/mol. The van der Waals surface area contributed by atoms with Gasteiger partial charge in [-0.3, -0.25) is 0 Å². The molecule has 1 atom stereocenters. The monoisotopic (exact) mass is 227 g/mol. The number of hydrogen-bond acceptors (Lipinski definition) is 2. The first-order chi connectivity index (χ1) is 7.74. The highest BCUT2D eigenvalue weighted by molar-refractivity contribution is 4.69. The van der Waals surface area contributed by atoms with Gasteiger partial charge in [0.2, 0.25) is 0 Å². The summed E-state index contributed by atoms with van der Waals surface area (Å²) >= 11 is 0. The third-order valence-corrected chi connectivity index (χ3v) is 3.63. The molecule has 1 rings (SSSR count). The number of ether oxygens (including phenoxy) is 1. The van der Waals surface area contributed by atoms with E-state index >= 15 is 0 Å². The van der Waals surface area contributed by atoms with Crippen LogP contribution in [-0.2, 0) is 4.74 Å². The number of hydrogen-bond donors (Lipinski definition) is 1. The van der Waals surface area contributed by atoms with Crippen molar-refractivity contribution in [2.75, 3.05) is 13.2 Å². The Kier molecular flexibility index (Phi) is 7.06. The van der Waals surface area contributed by atoms with E-state index in [2.05, 4.69) is 26.1 Å². The van der Waals surface area contributed by atoms with Crippen molar-refractivity contribution in [1.82, 2.24) is 5.32 Å². The van der Waals surface area contributed by atoms with Crippen LogP contribution in [-0.4, -0.2) is 25.3 Å². The van der Waals surface area contributed by atoms with Crippen LogP contribution in [0.25, 0.3) is 0 Å². The van der Waals surface area contributed by atoms with Gasteiger partial charge >= 0.3 is 0 Å². The van der Waals surface area contributed by atoms with E-state index in [-0.39, 0.29) is 0 Å². The van der Waals surface area contributed by atoms with Crippen molar-refractivity contribution in [3.63, 3.8) is 0 Å². The van der Waals surface area contributed by atoms with Crippen LogP contribution < -0.4 is 5.32 Å². The lowest BCUT2D eigenvalue weighted by atomic mass is 10.0. The lowest BCUT2D eigenvalue weighted by Crippen LogP contribution is -2.34. The van der Waals surface area contributed by atoms with E-state index in [0.29, 0.717) is 12.1 Å². The molecule has 0 radical (unpaired) electrons. The highest BCUT2D eigenvalue weighted by Crippen LogP contribution is 2.20. The Hall–Kier alpha value is -0.0800. The topological polar surface area (TPSA) is 21.3 Å². The summed E-state index contributed by atoms with van der Waals surface area (Å²) in [5.41, 5.74) is 0. The van der Waals surface area contributed by atoms with Gasteiger partial charge in [-0.1, -0.05) is 33.6 Å². The molecule has 0 spiro atoms. The minimum Gasteiger partial charge on any atom is -0.378 e. The Bertz CT molecular complexity index is 164. The van der Waals surface area contributed by atoms with Gasteiger partial charge in [0, 0.05) is 12.6 Å². The molecular formula is C14H29NO. The second-order valence-corrected chi connectivity index (χ2v) is 5.34. The Labute approximate surface area is 101 Å². The lowest BCUT2D eigenvalue weighted by molar-refractivity contribution is 0.0563. The third-order valence-electron chi connectivity index (χ3n) is 3.63. The Balaban J connectivity index is 1.94. The van der Waals surface area contributed by atoms with Gasteiger partial charge in [0.1, 0.15) is 0 Å². The van der Waals surface area contributed by atoms with Gasteiger partial charge in [0.15, 0.2) is 0 Å². The largest absolute Gasteiger partial charge is 0.378 e. The molecule has 0 saturated heterocycles. The van der Waals surface area contributed by atoms with E-state index in [1.807, 2.05) is 0 Å². The van der Waals surface area contributed by atoms with E-state index in [4.69, 9.17) is 4.74 Å². The SMILES string of the molecule is CCC(NCCCOC1CCCC1)C(C)C. The number of rotatable bonds is 8. The standard InChI is InChI=1S/C14H29NO/c1-4-14(12(2)3)15-10-7-11-16-13-8-5-6-9-13/h12-15H,4-11H2,1-3H3. The van der Waals surface area contributed by atoms with E-state index in [9.17, 15) is 0 Å². The summed E-state index contributed by atoms with van der Waals surface area (Å²) in [5, 5.41) is 3.61. The molecule has 1 N–H and O–H groups in total. The number of nitrogens with one attached hydrogen (secondary N) is 1. The molecule has 0 aromatic heterocycles. The smallest absolute Gasteiger partial charge is 0.0575 e. The van der Waals surface area contributed by atoms with Gasteiger partial charge in [0.25, 0.3) is 0 Å². The molecule has 0 aromatic carbocycles. The molecule has 0 aliphatic heterocycles. The molecule has 1 saturated carbocycles. The highest BCUT2D eigenvalue weighted by atomic mass is 16.5. The van der Waals surface area contributed by atoms with Crippen molar-refractivity contribution in [3.8, 4) is 0 Å². The molecule has 1 fully saturated rings. The average Bonchev–Trinajstić information content (AvgIpc) is 2.75. The van der Waals surface area contributed by atoms with Crippen molar-refractivity contribution >= 4 is 0 Å². The van der Waals surface area contributed by atoms with Gasteiger partial charge in [-0.05, 0) is 38.1 Å². The molecule has 16 heavy (non-hydrogen) atoms. The first-order valence-corrected chi connectivity index (χ1v) is 7.09. The second kappa shape index (κ2) is 8.08. The van der Waals surface area contributed by atoms with Gasteiger partial charge < -0.3 is 10.1 Å². The fourth-order valence-corrected chi connectivity index (χ4v) is 2.52. The minimum absolute atomic E-state index is 0.576. The normalized spacial score (nSPS) is 19.5. The minimum atomic E-state index is 0.576. The summed E-state index contributed by atoms with van der Waals surface area (Å²) in [6.07, 6.45) is 8.27. The molecule has 2 nitrogen and oxygen atoms in total. The molecule has 96 valence electrons. The van der Waals surface area contributed by atoms with Crippen molar-refractivity contribution in [2.24, 2.45) is 5.92 Å². The van der Waals surface area contributed by atoms with Crippen LogP contribution >= 0.6 is 0 Å². The maximum absolute atomic E-state index is 5.84. The van der Waals surface area contributed by atoms with Crippen LogP contribution in [0.4, 0.5) is 0 Å². The quantitative estimate of drug-likeness (QED) is 0.642. The lowest BCUT2D eigenvalue weighted by Gasteiger charge is -2.21. The van der Waals surface area contributed by atoms with E-state index in [1.165, 1.54) is 32.1 Å². The van der Waals surface area contributed by atoms with Crippen LogP contribution in [0.5, 0.6) is 0 Å². The van der Waals surface area contributed by atoms with Crippen LogP contribution in [0, 0.1) is 5.92 Å². The maximum atomic E-state index is 5.84. The zero-order chi connectivity index (χ0) is 11.8. The molecule has 1 aliphatic carbocycles. The van der Waals surface area contributed by atoms with E-state index < -0.39 is 0 Å².